The second kappa shape index (κ2) is 5.32. The summed E-state index contributed by atoms with van der Waals surface area (Å²) in [5, 5.41) is 13.5. The van der Waals surface area contributed by atoms with Gasteiger partial charge in [0, 0.05) is 38.0 Å². The first kappa shape index (κ1) is 14.0. The number of pyridine rings is 1. The highest BCUT2D eigenvalue weighted by Crippen LogP contribution is 2.11. The fourth-order valence-corrected chi connectivity index (χ4v) is 2.35. The fourth-order valence-electron chi connectivity index (χ4n) is 2.35. The molecule has 2 aromatic rings. The Balaban J connectivity index is 2.34. The molecule has 0 atom stereocenters. The SMILES string of the molecule is Cc1cc(=O)n(CCc2ccn(C)n2)c(C)c1C(=O)O. The van der Waals surface area contributed by atoms with Crippen LogP contribution in [-0.2, 0) is 20.0 Å². The van der Waals surface area contributed by atoms with E-state index in [4.69, 9.17) is 0 Å². The van der Waals surface area contributed by atoms with E-state index >= 15 is 0 Å². The average molecular weight is 275 g/mol. The average Bonchev–Trinajstić information content (AvgIpc) is 2.73. The van der Waals surface area contributed by atoms with Crippen LogP contribution >= 0.6 is 0 Å². The van der Waals surface area contributed by atoms with Crippen molar-refractivity contribution in [3.63, 3.8) is 0 Å². The lowest BCUT2D eigenvalue weighted by Gasteiger charge is -2.13. The quantitative estimate of drug-likeness (QED) is 0.907. The van der Waals surface area contributed by atoms with Crippen LogP contribution in [0.2, 0.25) is 0 Å². The summed E-state index contributed by atoms with van der Waals surface area (Å²) in [5.41, 5.74) is 1.87. The maximum atomic E-state index is 12.0. The Kier molecular flexibility index (Phi) is 3.74. The first-order valence-electron chi connectivity index (χ1n) is 6.33. The topological polar surface area (TPSA) is 77.1 Å². The maximum absolute atomic E-state index is 12.0. The number of carbonyl (C=O) groups is 1. The molecule has 0 radical (unpaired) electrons. The van der Waals surface area contributed by atoms with Crippen molar-refractivity contribution >= 4 is 5.97 Å². The minimum Gasteiger partial charge on any atom is -0.478 e. The number of carboxylic acid groups (broad SMARTS) is 1. The molecule has 0 unspecified atom stereocenters. The van der Waals surface area contributed by atoms with Crippen LogP contribution in [0.1, 0.15) is 27.3 Å². The maximum Gasteiger partial charge on any atom is 0.337 e. The highest BCUT2D eigenvalue weighted by molar-refractivity contribution is 5.90. The molecule has 0 saturated heterocycles. The molecular formula is C14H17N3O3. The van der Waals surface area contributed by atoms with E-state index in [1.54, 1.807) is 18.5 Å². The van der Waals surface area contributed by atoms with Gasteiger partial charge in [-0.3, -0.25) is 9.48 Å². The number of aryl methyl sites for hydroxylation is 3. The number of rotatable bonds is 4. The first-order valence-corrected chi connectivity index (χ1v) is 6.33. The van der Waals surface area contributed by atoms with Crippen LogP contribution in [0.3, 0.4) is 0 Å². The Morgan fingerprint density at radius 2 is 2.10 bits per heavy atom. The van der Waals surface area contributed by atoms with E-state index < -0.39 is 5.97 Å². The zero-order chi connectivity index (χ0) is 14.9. The number of aromatic carboxylic acids is 1. The normalized spacial score (nSPS) is 10.8. The number of hydrogen-bond donors (Lipinski definition) is 1. The molecule has 0 amide bonds. The smallest absolute Gasteiger partial charge is 0.337 e. The summed E-state index contributed by atoms with van der Waals surface area (Å²) >= 11 is 0. The number of carboxylic acids is 1. The summed E-state index contributed by atoms with van der Waals surface area (Å²) < 4.78 is 3.19. The van der Waals surface area contributed by atoms with Crippen LogP contribution in [0.5, 0.6) is 0 Å². The molecule has 6 nitrogen and oxygen atoms in total. The van der Waals surface area contributed by atoms with E-state index in [0.29, 0.717) is 24.2 Å². The second-order valence-electron chi connectivity index (χ2n) is 4.81. The van der Waals surface area contributed by atoms with Gasteiger partial charge >= 0.3 is 5.97 Å². The molecule has 6 heteroatoms. The van der Waals surface area contributed by atoms with Crippen molar-refractivity contribution in [1.82, 2.24) is 14.3 Å². The zero-order valence-electron chi connectivity index (χ0n) is 11.8. The summed E-state index contributed by atoms with van der Waals surface area (Å²) in [6, 6.07) is 3.25. The third-order valence-electron chi connectivity index (χ3n) is 3.34. The lowest BCUT2D eigenvalue weighted by atomic mass is 10.1. The van der Waals surface area contributed by atoms with Crippen molar-refractivity contribution < 1.29 is 9.90 Å². The minimum absolute atomic E-state index is 0.180. The summed E-state index contributed by atoms with van der Waals surface area (Å²) in [4.78, 5) is 23.3. The lowest BCUT2D eigenvalue weighted by molar-refractivity contribution is 0.0694. The van der Waals surface area contributed by atoms with Gasteiger partial charge in [0.15, 0.2) is 0 Å². The van der Waals surface area contributed by atoms with Gasteiger partial charge in [-0.15, -0.1) is 0 Å². The van der Waals surface area contributed by atoms with Gasteiger partial charge in [0.25, 0.3) is 5.56 Å². The lowest BCUT2D eigenvalue weighted by Crippen LogP contribution is -2.26. The van der Waals surface area contributed by atoms with Gasteiger partial charge < -0.3 is 9.67 Å². The summed E-state index contributed by atoms with van der Waals surface area (Å²) in [6.45, 7) is 3.72. The molecule has 0 aliphatic rings. The van der Waals surface area contributed by atoms with Crippen molar-refractivity contribution in [1.29, 1.82) is 0 Å². The van der Waals surface area contributed by atoms with Crippen molar-refractivity contribution in [3.05, 3.63) is 51.2 Å². The molecule has 0 bridgehead atoms. The third-order valence-corrected chi connectivity index (χ3v) is 3.34. The van der Waals surface area contributed by atoms with Crippen molar-refractivity contribution in [2.24, 2.45) is 7.05 Å². The predicted molar refractivity (Wildman–Crippen MR) is 74.0 cm³/mol. The monoisotopic (exact) mass is 275 g/mol. The molecule has 0 aliphatic heterocycles. The minimum atomic E-state index is -1.01. The van der Waals surface area contributed by atoms with Crippen LogP contribution in [0.4, 0.5) is 0 Å². The summed E-state index contributed by atoms with van der Waals surface area (Å²) in [6.07, 6.45) is 2.42. The fraction of sp³-hybridized carbons (Fsp3) is 0.357. The molecule has 0 spiro atoms. The largest absolute Gasteiger partial charge is 0.478 e. The summed E-state index contributed by atoms with van der Waals surface area (Å²) in [7, 11) is 1.83. The van der Waals surface area contributed by atoms with E-state index in [0.717, 1.165) is 5.69 Å². The van der Waals surface area contributed by atoms with Gasteiger partial charge in [-0.2, -0.15) is 5.10 Å². The summed E-state index contributed by atoms with van der Waals surface area (Å²) in [5.74, 6) is -1.01. The molecular weight excluding hydrogens is 258 g/mol. The van der Waals surface area contributed by atoms with Gasteiger partial charge in [0.1, 0.15) is 0 Å². The van der Waals surface area contributed by atoms with E-state index in [1.807, 2.05) is 19.3 Å². The van der Waals surface area contributed by atoms with Crippen LogP contribution in [0, 0.1) is 13.8 Å². The van der Waals surface area contributed by atoms with E-state index in [9.17, 15) is 14.7 Å². The van der Waals surface area contributed by atoms with Gasteiger partial charge in [-0.05, 0) is 25.5 Å². The van der Waals surface area contributed by atoms with E-state index in [2.05, 4.69) is 5.10 Å². The molecule has 0 aromatic carbocycles. The molecule has 0 aliphatic carbocycles. The van der Waals surface area contributed by atoms with Crippen molar-refractivity contribution in [3.8, 4) is 0 Å². The molecule has 2 aromatic heterocycles. The molecule has 20 heavy (non-hydrogen) atoms. The van der Waals surface area contributed by atoms with Crippen LogP contribution < -0.4 is 5.56 Å². The van der Waals surface area contributed by atoms with Crippen LogP contribution in [0.25, 0.3) is 0 Å². The molecule has 0 fully saturated rings. The number of aromatic nitrogens is 3. The van der Waals surface area contributed by atoms with E-state index in [1.165, 1.54) is 10.6 Å². The highest BCUT2D eigenvalue weighted by Gasteiger charge is 2.15. The Morgan fingerprint density at radius 3 is 2.65 bits per heavy atom. The van der Waals surface area contributed by atoms with Crippen LogP contribution in [0.15, 0.2) is 23.1 Å². The molecule has 2 rings (SSSR count). The van der Waals surface area contributed by atoms with Crippen LogP contribution in [-0.4, -0.2) is 25.4 Å². The zero-order valence-corrected chi connectivity index (χ0v) is 11.8. The Labute approximate surface area is 116 Å². The van der Waals surface area contributed by atoms with Gasteiger partial charge in [0.05, 0.1) is 11.3 Å². The third kappa shape index (κ3) is 2.64. The first-order chi connectivity index (χ1) is 9.40. The van der Waals surface area contributed by atoms with Crippen molar-refractivity contribution in [2.75, 3.05) is 0 Å². The molecule has 0 saturated carbocycles. The van der Waals surface area contributed by atoms with Gasteiger partial charge in [-0.25, -0.2) is 4.79 Å². The highest BCUT2D eigenvalue weighted by atomic mass is 16.4. The second-order valence-corrected chi connectivity index (χ2v) is 4.81. The predicted octanol–water partition coefficient (Wildman–Crippen LogP) is 1.14. The molecule has 1 N–H and O–H groups in total. The van der Waals surface area contributed by atoms with E-state index in [-0.39, 0.29) is 11.1 Å². The van der Waals surface area contributed by atoms with Crippen molar-refractivity contribution in [2.45, 2.75) is 26.8 Å². The van der Waals surface area contributed by atoms with Gasteiger partial charge in [-0.1, -0.05) is 0 Å². The number of hydrogen-bond acceptors (Lipinski definition) is 3. The number of nitrogens with zero attached hydrogens (tertiary/aromatic N) is 3. The Morgan fingerprint density at radius 1 is 1.40 bits per heavy atom. The Hall–Kier alpha value is -2.37. The molecule has 2 heterocycles. The molecule has 106 valence electrons. The van der Waals surface area contributed by atoms with Gasteiger partial charge in [0.2, 0.25) is 0 Å². The Bertz CT molecular complexity index is 713. The standard InChI is InChI=1S/C14H17N3O3/c1-9-8-12(18)17(10(2)13(9)14(19)20)7-5-11-4-6-16(3)15-11/h4,6,8H,5,7H2,1-3H3,(H,19,20).